The van der Waals surface area contributed by atoms with Crippen LogP contribution in [0.15, 0.2) is 12.1 Å². The Balaban J connectivity index is 0.00000196. The van der Waals surface area contributed by atoms with Crippen molar-refractivity contribution in [3.8, 4) is 0 Å². The lowest BCUT2D eigenvalue weighted by atomic mass is 10.0. The number of imide groups is 1. The Morgan fingerprint density at radius 2 is 1.85 bits per heavy atom. The minimum Gasteiger partial charge on any atom is -0.368 e. The standard InChI is InChI=1S/C17H19ClN4O3.ClH/c18-15-11-9-22(13-3-4-14(23)20-16(13)24)17(25)10(11)1-2-12(15)21-7-5-19-6-8-21;/h1-2,13,19H,3-9H2,(H,20,23,24);1H. The Morgan fingerprint density at radius 1 is 1.12 bits per heavy atom. The van der Waals surface area contributed by atoms with Crippen molar-refractivity contribution in [3.63, 3.8) is 0 Å². The fourth-order valence-electron chi connectivity index (χ4n) is 3.74. The van der Waals surface area contributed by atoms with Crippen molar-refractivity contribution >= 4 is 47.4 Å². The molecule has 140 valence electrons. The minimum absolute atomic E-state index is 0. The first-order valence-corrected chi connectivity index (χ1v) is 8.86. The third kappa shape index (κ3) is 3.15. The second-order valence-electron chi connectivity index (χ2n) is 6.56. The van der Waals surface area contributed by atoms with E-state index in [-0.39, 0.29) is 30.6 Å². The molecular weight excluding hydrogens is 379 g/mol. The van der Waals surface area contributed by atoms with E-state index in [0.29, 0.717) is 23.6 Å². The first-order chi connectivity index (χ1) is 12.1. The monoisotopic (exact) mass is 398 g/mol. The molecule has 1 unspecified atom stereocenters. The van der Waals surface area contributed by atoms with Crippen LogP contribution < -0.4 is 15.5 Å². The number of carbonyl (C=O) groups is 3. The second kappa shape index (κ2) is 7.42. The Morgan fingerprint density at radius 3 is 2.54 bits per heavy atom. The highest BCUT2D eigenvalue weighted by Gasteiger charge is 2.40. The van der Waals surface area contributed by atoms with E-state index in [9.17, 15) is 14.4 Å². The van der Waals surface area contributed by atoms with Gasteiger partial charge in [-0.2, -0.15) is 0 Å². The number of amides is 3. The third-order valence-corrected chi connectivity index (χ3v) is 5.51. The number of piperidine rings is 1. The summed E-state index contributed by atoms with van der Waals surface area (Å²) in [6, 6.07) is 3.07. The number of fused-ring (bicyclic) bond motifs is 1. The van der Waals surface area contributed by atoms with Crippen LogP contribution in [0, 0.1) is 0 Å². The van der Waals surface area contributed by atoms with Crippen molar-refractivity contribution < 1.29 is 14.4 Å². The largest absolute Gasteiger partial charge is 0.368 e. The first kappa shape index (κ1) is 18.9. The van der Waals surface area contributed by atoms with Crippen molar-refractivity contribution in [3.05, 3.63) is 28.3 Å². The molecule has 0 aromatic heterocycles. The molecule has 1 atom stereocenters. The van der Waals surface area contributed by atoms with Gasteiger partial charge in [-0.1, -0.05) is 11.6 Å². The summed E-state index contributed by atoms with van der Waals surface area (Å²) in [7, 11) is 0. The molecule has 4 rings (SSSR count). The molecule has 2 saturated heterocycles. The summed E-state index contributed by atoms with van der Waals surface area (Å²) in [5, 5.41) is 6.20. The molecule has 0 spiro atoms. The highest BCUT2D eigenvalue weighted by atomic mass is 35.5. The summed E-state index contributed by atoms with van der Waals surface area (Å²) in [6.07, 6.45) is 0.600. The van der Waals surface area contributed by atoms with E-state index in [1.807, 2.05) is 6.07 Å². The highest BCUT2D eigenvalue weighted by Crippen LogP contribution is 2.38. The van der Waals surface area contributed by atoms with Crippen molar-refractivity contribution in [1.29, 1.82) is 0 Å². The number of nitrogens with zero attached hydrogens (tertiary/aromatic N) is 2. The van der Waals surface area contributed by atoms with Gasteiger partial charge in [-0.05, 0) is 18.6 Å². The number of halogens is 2. The fraction of sp³-hybridized carbons (Fsp3) is 0.471. The first-order valence-electron chi connectivity index (χ1n) is 8.48. The van der Waals surface area contributed by atoms with Crippen LogP contribution in [0.4, 0.5) is 5.69 Å². The number of hydrogen-bond acceptors (Lipinski definition) is 5. The van der Waals surface area contributed by atoms with Crippen LogP contribution in [0.1, 0.15) is 28.8 Å². The zero-order valence-electron chi connectivity index (χ0n) is 14.1. The van der Waals surface area contributed by atoms with E-state index in [2.05, 4.69) is 15.5 Å². The molecule has 2 fully saturated rings. The molecule has 9 heteroatoms. The number of benzene rings is 1. The molecule has 1 aromatic rings. The van der Waals surface area contributed by atoms with Gasteiger partial charge in [0.2, 0.25) is 11.8 Å². The predicted octanol–water partition coefficient (Wildman–Crippen LogP) is 0.932. The average molecular weight is 399 g/mol. The van der Waals surface area contributed by atoms with Crippen LogP contribution in [0.25, 0.3) is 0 Å². The molecule has 0 saturated carbocycles. The van der Waals surface area contributed by atoms with Crippen LogP contribution in [-0.4, -0.2) is 54.8 Å². The molecule has 7 nitrogen and oxygen atoms in total. The van der Waals surface area contributed by atoms with Crippen LogP contribution in [0.2, 0.25) is 5.02 Å². The summed E-state index contributed by atoms with van der Waals surface area (Å²) < 4.78 is 0. The molecule has 0 radical (unpaired) electrons. The summed E-state index contributed by atoms with van der Waals surface area (Å²) in [5.74, 6) is -0.890. The Bertz CT molecular complexity index is 765. The minimum atomic E-state index is -0.615. The van der Waals surface area contributed by atoms with E-state index in [0.717, 1.165) is 37.4 Å². The molecule has 1 aromatic carbocycles. The molecule has 3 aliphatic heterocycles. The van der Waals surface area contributed by atoms with Crippen molar-refractivity contribution in [2.75, 3.05) is 31.1 Å². The number of carbonyl (C=O) groups excluding carboxylic acids is 3. The van der Waals surface area contributed by atoms with Crippen LogP contribution >= 0.6 is 24.0 Å². The van der Waals surface area contributed by atoms with Gasteiger partial charge in [0.25, 0.3) is 5.91 Å². The van der Waals surface area contributed by atoms with E-state index >= 15 is 0 Å². The van der Waals surface area contributed by atoms with Crippen LogP contribution in [0.5, 0.6) is 0 Å². The number of anilines is 1. The maximum atomic E-state index is 12.7. The van der Waals surface area contributed by atoms with E-state index < -0.39 is 11.9 Å². The zero-order valence-corrected chi connectivity index (χ0v) is 15.7. The van der Waals surface area contributed by atoms with Gasteiger partial charge in [0.05, 0.1) is 10.7 Å². The topological polar surface area (TPSA) is 81.8 Å². The van der Waals surface area contributed by atoms with Gasteiger partial charge in [0.1, 0.15) is 6.04 Å². The van der Waals surface area contributed by atoms with Crippen molar-refractivity contribution in [2.24, 2.45) is 0 Å². The Labute approximate surface area is 162 Å². The maximum absolute atomic E-state index is 12.7. The van der Waals surface area contributed by atoms with E-state index in [4.69, 9.17) is 11.6 Å². The highest BCUT2D eigenvalue weighted by molar-refractivity contribution is 6.35. The lowest BCUT2D eigenvalue weighted by Gasteiger charge is -2.30. The quantitative estimate of drug-likeness (QED) is 0.724. The molecule has 3 heterocycles. The average Bonchev–Trinajstić information content (AvgIpc) is 2.94. The molecule has 3 amide bonds. The molecule has 3 aliphatic rings. The summed E-state index contributed by atoms with van der Waals surface area (Å²) in [6.45, 7) is 3.83. The van der Waals surface area contributed by atoms with Gasteiger partial charge in [0, 0.05) is 50.3 Å². The number of rotatable bonds is 2. The fourth-order valence-corrected chi connectivity index (χ4v) is 4.09. The van der Waals surface area contributed by atoms with Gasteiger partial charge in [0.15, 0.2) is 0 Å². The SMILES string of the molecule is Cl.O=C1CCC(N2Cc3c(ccc(N4CCNCC4)c3Cl)C2=O)C(=O)N1. The van der Waals surface area contributed by atoms with Crippen molar-refractivity contribution in [1.82, 2.24) is 15.5 Å². The Hall–Kier alpha value is -1.83. The van der Waals surface area contributed by atoms with E-state index in [1.165, 1.54) is 4.90 Å². The van der Waals surface area contributed by atoms with Crippen LogP contribution in [-0.2, 0) is 16.1 Å². The lowest BCUT2D eigenvalue weighted by molar-refractivity contribution is -0.136. The zero-order chi connectivity index (χ0) is 17.6. The van der Waals surface area contributed by atoms with Crippen molar-refractivity contribution in [2.45, 2.75) is 25.4 Å². The third-order valence-electron chi connectivity index (χ3n) is 5.09. The lowest BCUT2D eigenvalue weighted by Crippen LogP contribution is -2.52. The van der Waals surface area contributed by atoms with E-state index in [1.54, 1.807) is 6.07 Å². The van der Waals surface area contributed by atoms with Gasteiger partial charge >= 0.3 is 0 Å². The van der Waals surface area contributed by atoms with Crippen LogP contribution in [0.3, 0.4) is 0 Å². The molecular formula is C17H20Cl2N4O3. The molecule has 2 N–H and O–H groups in total. The van der Waals surface area contributed by atoms with Gasteiger partial charge in [-0.3, -0.25) is 19.7 Å². The number of nitrogens with one attached hydrogen (secondary N) is 2. The number of hydrogen-bond donors (Lipinski definition) is 2. The smallest absolute Gasteiger partial charge is 0.255 e. The molecule has 0 bridgehead atoms. The van der Waals surface area contributed by atoms with Gasteiger partial charge < -0.3 is 15.1 Å². The second-order valence-corrected chi connectivity index (χ2v) is 6.94. The number of piperazine rings is 1. The normalized spacial score (nSPS) is 22.8. The van der Waals surface area contributed by atoms with Gasteiger partial charge in [-0.25, -0.2) is 0 Å². The summed E-state index contributed by atoms with van der Waals surface area (Å²) in [4.78, 5) is 39.9. The Kier molecular flexibility index (Phi) is 5.41. The maximum Gasteiger partial charge on any atom is 0.255 e. The molecule has 26 heavy (non-hydrogen) atoms. The molecule has 0 aliphatic carbocycles. The predicted molar refractivity (Wildman–Crippen MR) is 99.8 cm³/mol. The van der Waals surface area contributed by atoms with Gasteiger partial charge in [-0.15, -0.1) is 12.4 Å². The summed E-state index contributed by atoms with van der Waals surface area (Å²) >= 11 is 6.62. The summed E-state index contributed by atoms with van der Waals surface area (Å²) in [5.41, 5.74) is 2.25.